The molecule has 0 radical (unpaired) electrons. The summed E-state index contributed by atoms with van der Waals surface area (Å²) in [6, 6.07) is 23.4. The lowest BCUT2D eigenvalue weighted by molar-refractivity contribution is -0.118. The summed E-state index contributed by atoms with van der Waals surface area (Å²) in [7, 11) is 3.20. The largest absolute Gasteiger partial charge is 0.493 e. The number of fused-ring (bicyclic) bond motifs is 3. The van der Waals surface area contributed by atoms with Gasteiger partial charge in [0.2, 0.25) is 5.91 Å². The number of thioether (sulfide) groups is 1. The summed E-state index contributed by atoms with van der Waals surface area (Å²) in [6.45, 7) is 0.868. The Hall–Kier alpha value is -3.82. The molecular weight excluding hydrogens is 518 g/mol. The fourth-order valence-electron chi connectivity index (χ4n) is 4.22. The zero-order valence-corrected chi connectivity index (χ0v) is 22.7. The van der Waals surface area contributed by atoms with Crippen LogP contribution in [0.2, 0.25) is 0 Å². The molecule has 0 fully saturated rings. The monoisotopic (exact) mass is 545 g/mol. The summed E-state index contributed by atoms with van der Waals surface area (Å²) in [6.07, 6.45) is 0.589. The minimum absolute atomic E-state index is 0.0936. The van der Waals surface area contributed by atoms with Crippen molar-refractivity contribution < 1.29 is 14.3 Å². The number of rotatable bonds is 10. The van der Waals surface area contributed by atoms with Crippen LogP contribution in [0, 0.1) is 0 Å². The molecule has 0 bridgehead atoms. The molecule has 38 heavy (non-hydrogen) atoms. The number of carbonyl (C=O) groups excluding carboxylic acids is 1. The number of ether oxygens (including phenoxy) is 2. The van der Waals surface area contributed by atoms with Crippen molar-refractivity contribution in [1.29, 1.82) is 0 Å². The van der Waals surface area contributed by atoms with Crippen LogP contribution >= 0.6 is 23.1 Å². The molecule has 5 aromatic rings. The lowest BCUT2D eigenvalue weighted by Gasteiger charge is -2.13. The van der Waals surface area contributed by atoms with Gasteiger partial charge in [0.05, 0.1) is 25.5 Å². The van der Waals surface area contributed by atoms with E-state index in [4.69, 9.17) is 14.5 Å². The van der Waals surface area contributed by atoms with Crippen molar-refractivity contribution in [3.63, 3.8) is 0 Å². The maximum Gasteiger partial charge on any atom is 0.272 e. The van der Waals surface area contributed by atoms with Crippen molar-refractivity contribution in [2.24, 2.45) is 0 Å². The Morgan fingerprint density at radius 2 is 1.74 bits per heavy atom. The Labute approximate surface area is 228 Å². The van der Waals surface area contributed by atoms with Crippen LogP contribution in [0.5, 0.6) is 11.5 Å². The average molecular weight is 546 g/mol. The Morgan fingerprint density at radius 1 is 0.974 bits per heavy atom. The Balaban J connectivity index is 1.42. The van der Waals surface area contributed by atoms with Gasteiger partial charge in [-0.2, -0.15) is 0 Å². The van der Waals surface area contributed by atoms with Gasteiger partial charge in [0.1, 0.15) is 4.70 Å². The topological polar surface area (TPSA) is 82.5 Å². The fourth-order valence-corrected chi connectivity index (χ4v) is 6.15. The fraction of sp³-hybridized carbons (Fsp3) is 0.207. The molecule has 0 unspecified atom stereocenters. The van der Waals surface area contributed by atoms with Gasteiger partial charge < -0.3 is 14.8 Å². The first-order chi connectivity index (χ1) is 18.6. The van der Waals surface area contributed by atoms with Crippen molar-refractivity contribution in [2.45, 2.75) is 24.7 Å². The van der Waals surface area contributed by atoms with Gasteiger partial charge in [0.15, 0.2) is 16.7 Å². The summed E-state index contributed by atoms with van der Waals surface area (Å²) in [5.41, 5.74) is 2.62. The number of benzene rings is 3. The number of amides is 1. The van der Waals surface area contributed by atoms with E-state index in [1.54, 1.807) is 18.8 Å². The molecule has 7 nitrogen and oxygen atoms in total. The lowest BCUT2D eigenvalue weighted by Crippen LogP contribution is -2.27. The minimum Gasteiger partial charge on any atom is -0.493 e. The quantitative estimate of drug-likeness (QED) is 0.190. The Kier molecular flexibility index (Phi) is 7.95. The molecule has 2 aromatic heterocycles. The zero-order valence-electron chi connectivity index (χ0n) is 21.1. The van der Waals surface area contributed by atoms with E-state index in [1.807, 2.05) is 72.8 Å². The molecule has 2 heterocycles. The van der Waals surface area contributed by atoms with Gasteiger partial charge in [-0.25, -0.2) is 4.98 Å². The van der Waals surface area contributed by atoms with Gasteiger partial charge in [0.25, 0.3) is 5.56 Å². The van der Waals surface area contributed by atoms with Gasteiger partial charge in [-0.05, 0) is 35.7 Å². The van der Waals surface area contributed by atoms with Crippen LogP contribution in [0.1, 0.15) is 11.1 Å². The predicted molar refractivity (Wildman–Crippen MR) is 154 cm³/mol. The average Bonchev–Trinajstić information content (AvgIpc) is 3.34. The highest BCUT2D eigenvalue weighted by Crippen LogP contribution is 2.32. The van der Waals surface area contributed by atoms with E-state index in [2.05, 4.69) is 5.32 Å². The van der Waals surface area contributed by atoms with Crippen LogP contribution < -0.4 is 20.3 Å². The van der Waals surface area contributed by atoms with Gasteiger partial charge in [-0.3, -0.25) is 14.2 Å². The number of nitrogens with one attached hydrogen (secondary N) is 1. The molecule has 0 saturated carbocycles. The highest BCUT2D eigenvalue weighted by Gasteiger charge is 2.18. The molecule has 0 atom stereocenters. The number of nitrogens with zero attached hydrogens (tertiary/aromatic N) is 2. The number of aromatic nitrogens is 2. The Morgan fingerprint density at radius 3 is 2.53 bits per heavy atom. The SMILES string of the molecule is COc1ccc(CCn2c(SCC(=O)NCc3ccccc3)nc3c(sc4ccccc43)c2=O)cc1OC. The van der Waals surface area contributed by atoms with Crippen LogP contribution in [0.4, 0.5) is 0 Å². The van der Waals surface area contributed by atoms with Gasteiger partial charge >= 0.3 is 0 Å². The van der Waals surface area contributed by atoms with Gasteiger partial charge in [-0.15, -0.1) is 11.3 Å². The Bertz CT molecular complexity index is 1650. The standard InChI is InChI=1S/C29H27N3O4S2/c1-35-22-13-12-19(16-23(22)36-2)14-15-32-28(34)27-26(21-10-6-7-11-24(21)38-27)31-29(32)37-18-25(33)30-17-20-8-4-3-5-9-20/h3-13,16H,14-15,17-18H2,1-2H3,(H,30,33). The molecule has 0 aliphatic heterocycles. The van der Waals surface area contributed by atoms with E-state index in [0.29, 0.717) is 46.4 Å². The third-order valence-electron chi connectivity index (χ3n) is 6.18. The van der Waals surface area contributed by atoms with E-state index in [-0.39, 0.29) is 17.2 Å². The van der Waals surface area contributed by atoms with Crippen LogP contribution in [0.15, 0.2) is 82.7 Å². The van der Waals surface area contributed by atoms with E-state index in [1.165, 1.54) is 23.1 Å². The first kappa shape index (κ1) is 25.8. The highest BCUT2D eigenvalue weighted by molar-refractivity contribution is 7.99. The van der Waals surface area contributed by atoms with Crippen LogP contribution in [-0.4, -0.2) is 35.4 Å². The molecule has 1 amide bonds. The van der Waals surface area contributed by atoms with Crippen molar-refractivity contribution in [1.82, 2.24) is 14.9 Å². The van der Waals surface area contributed by atoms with Crippen molar-refractivity contribution >= 4 is 49.3 Å². The minimum atomic E-state index is -0.116. The first-order valence-electron chi connectivity index (χ1n) is 12.1. The van der Waals surface area contributed by atoms with Crippen molar-refractivity contribution in [3.05, 3.63) is 94.3 Å². The molecule has 1 N–H and O–H groups in total. The van der Waals surface area contributed by atoms with Crippen molar-refractivity contribution in [2.75, 3.05) is 20.0 Å². The zero-order chi connectivity index (χ0) is 26.5. The van der Waals surface area contributed by atoms with E-state index >= 15 is 0 Å². The molecule has 3 aromatic carbocycles. The molecule has 194 valence electrons. The number of thiophene rings is 1. The number of hydrogen-bond acceptors (Lipinski definition) is 7. The predicted octanol–water partition coefficient (Wildman–Crippen LogP) is 5.28. The summed E-state index contributed by atoms with van der Waals surface area (Å²) < 4.78 is 14.1. The second-order valence-corrected chi connectivity index (χ2v) is 10.6. The molecule has 0 spiro atoms. The third-order valence-corrected chi connectivity index (χ3v) is 8.31. The second kappa shape index (κ2) is 11.7. The van der Waals surface area contributed by atoms with Crippen molar-refractivity contribution in [3.8, 4) is 11.5 Å². The lowest BCUT2D eigenvalue weighted by atomic mass is 10.1. The first-order valence-corrected chi connectivity index (χ1v) is 13.9. The van der Waals surface area contributed by atoms with E-state index in [9.17, 15) is 9.59 Å². The summed E-state index contributed by atoms with van der Waals surface area (Å²) in [4.78, 5) is 31.2. The summed E-state index contributed by atoms with van der Waals surface area (Å²) in [5, 5.41) is 4.43. The normalized spacial score (nSPS) is 11.1. The van der Waals surface area contributed by atoms with Gasteiger partial charge in [0, 0.05) is 23.2 Å². The van der Waals surface area contributed by atoms with Crippen LogP contribution in [-0.2, 0) is 24.3 Å². The van der Waals surface area contributed by atoms with Gasteiger partial charge in [-0.1, -0.05) is 66.4 Å². The molecule has 0 aliphatic carbocycles. The second-order valence-electron chi connectivity index (χ2n) is 8.62. The maximum atomic E-state index is 13.7. The molecule has 5 rings (SSSR count). The van der Waals surface area contributed by atoms with Crippen LogP contribution in [0.3, 0.4) is 0 Å². The summed E-state index contributed by atoms with van der Waals surface area (Å²) >= 11 is 2.73. The molecular formula is C29H27N3O4S2. The number of methoxy groups -OCH3 is 2. The van der Waals surface area contributed by atoms with E-state index < -0.39 is 0 Å². The number of carbonyl (C=O) groups is 1. The number of aryl methyl sites for hydroxylation is 1. The highest BCUT2D eigenvalue weighted by atomic mass is 32.2. The molecule has 0 saturated heterocycles. The third kappa shape index (κ3) is 5.54. The van der Waals surface area contributed by atoms with E-state index in [0.717, 1.165) is 21.2 Å². The number of hydrogen-bond donors (Lipinski definition) is 1. The van der Waals surface area contributed by atoms with Crippen LogP contribution in [0.25, 0.3) is 20.3 Å². The molecule has 0 aliphatic rings. The maximum absolute atomic E-state index is 13.7. The molecule has 9 heteroatoms. The smallest absolute Gasteiger partial charge is 0.272 e. The summed E-state index contributed by atoms with van der Waals surface area (Å²) in [5.74, 6) is 1.33.